The molecule has 7 aromatic heterocycles. The van der Waals surface area contributed by atoms with E-state index < -0.39 is 0 Å². The number of aromatic nitrogens is 10. The maximum Gasteiger partial charge on any atom is 0.164 e. The predicted octanol–water partition coefficient (Wildman–Crippen LogP) is 35.1. The van der Waals surface area contributed by atoms with Crippen molar-refractivity contribution in [2.45, 2.75) is 0 Å². The molecule has 0 spiro atoms. The average molecular weight is 1870 g/mol. The fraction of sp³-hybridized carbons (Fsp3) is 0. The highest BCUT2D eigenvalue weighted by Gasteiger charge is 2.33. The van der Waals surface area contributed by atoms with Gasteiger partial charge in [0.25, 0.3) is 0 Å². The first-order valence-electron chi connectivity index (χ1n) is 49.6. The lowest BCUT2D eigenvalue weighted by Gasteiger charge is -2.20. The van der Waals surface area contributed by atoms with E-state index in [-0.39, 0.29) is 0 Å². The first-order valence-corrected chi connectivity index (χ1v) is 49.6. The van der Waals surface area contributed by atoms with Gasteiger partial charge in [-0.15, -0.1) is 0 Å². The molecule has 0 N–H and O–H groups in total. The summed E-state index contributed by atoms with van der Waals surface area (Å²) >= 11 is 0. The van der Waals surface area contributed by atoms with Crippen LogP contribution in [0.5, 0.6) is 0 Å². The number of imidazole rings is 1. The smallest absolute Gasteiger partial charge is 0.164 e. The minimum Gasteiger partial charge on any atom is -0.292 e. The van der Waals surface area contributed by atoms with E-state index >= 15 is 0 Å². The Bertz CT molecular complexity index is 9510. The number of benzene rings is 20. The summed E-state index contributed by atoms with van der Waals surface area (Å²) in [5.74, 6) is 2.91. The molecule has 10 heteroatoms. The Hall–Kier alpha value is -19.8. The summed E-state index contributed by atoms with van der Waals surface area (Å²) in [6, 6.07) is 178. The van der Waals surface area contributed by atoms with Gasteiger partial charge in [0.2, 0.25) is 0 Å². The van der Waals surface area contributed by atoms with Gasteiger partial charge in [0.05, 0.1) is 39.5 Å². The minimum absolute atomic E-state index is 0.657. The molecule has 0 unspecified atom stereocenters. The molecule has 27 aromatic rings. The van der Waals surface area contributed by atoms with Crippen LogP contribution in [0.1, 0.15) is 0 Å². The second-order valence-corrected chi connectivity index (χ2v) is 36.9. The van der Waals surface area contributed by atoms with Crippen LogP contribution in [0, 0.1) is 0 Å². The summed E-state index contributed by atoms with van der Waals surface area (Å²) in [5.41, 5.74) is 36.3. The Morgan fingerprint density at radius 1 is 0.170 bits per heavy atom. The molecule has 7 heterocycles. The zero-order valence-electron chi connectivity index (χ0n) is 79.8. The van der Waals surface area contributed by atoms with E-state index in [9.17, 15) is 0 Å². The predicted molar refractivity (Wildman–Crippen MR) is 607 cm³/mol. The fourth-order valence-electron chi connectivity index (χ4n) is 21.3. The van der Waals surface area contributed by atoms with E-state index in [1.807, 2.05) is 122 Å². The second-order valence-electron chi connectivity index (χ2n) is 36.9. The maximum absolute atomic E-state index is 5.13. The molecule has 20 aromatic carbocycles. The first kappa shape index (κ1) is 87.4. The normalized spacial score (nSPS) is 11.4. The Morgan fingerprint density at radius 3 is 1.15 bits per heavy atom. The van der Waals surface area contributed by atoms with E-state index in [0.29, 0.717) is 17.5 Å². The molecule has 10 nitrogen and oxygen atoms in total. The fourth-order valence-corrected chi connectivity index (χ4v) is 21.3. The van der Waals surface area contributed by atoms with Crippen molar-refractivity contribution in [2.75, 3.05) is 0 Å². The molecule has 0 amide bonds. The lowest BCUT2D eigenvalue weighted by molar-refractivity contribution is 1.08. The van der Waals surface area contributed by atoms with Gasteiger partial charge in [0, 0.05) is 75.6 Å². The summed E-state index contributed by atoms with van der Waals surface area (Å²) in [4.78, 5) is 43.2. The molecule has 28 rings (SSSR count). The molecule has 0 fully saturated rings. The molecular weight excluding hydrogens is 1790 g/mol. The molecule has 1 aliphatic rings. The summed E-state index contributed by atoms with van der Waals surface area (Å²) in [5, 5.41) is 14.8. The van der Waals surface area contributed by atoms with Crippen molar-refractivity contribution in [3.63, 3.8) is 0 Å². The van der Waals surface area contributed by atoms with Gasteiger partial charge in [-0.1, -0.05) is 388 Å². The second kappa shape index (κ2) is 38.3. The Balaban J connectivity index is 0.000000113. The van der Waals surface area contributed by atoms with Gasteiger partial charge in [0.15, 0.2) is 17.5 Å². The van der Waals surface area contributed by atoms with Crippen molar-refractivity contribution in [3.05, 3.63) is 534 Å². The standard InChI is InChI=1S/C53H34N2.C47H29N3.C37H25N5/c1-2-16-44(17-3-1)55-50-21-11-10-20-49(50)54-53(55)38-26-22-37(23-27-38)41-30-31-47-48(34-41)52(43-29-25-36-13-5-7-15-40(36)33-43)46-19-9-8-18-45(46)51(47)42-28-24-35-12-4-6-14-39(35)32-42;1-5-16-30(17-6-1)40-34-24-13-14-25-35(34)41(31-18-7-2-8-19-31)44-39-29-28-37(36-26-15-27-38(42(36)39)43(40)44)47-49-45(32-20-9-3-10-21-32)48-46(50-47)33-22-11-4-12-23-33;1-3-19-39-33(8-1)27-14-12-26(13-15-27)30-21-31(28-7-6-18-38-24-28)23-32(22-30)29-16-17-35(41-25-29)37-11-5-10-36(42-37)34-9-2-4-20-40-34/h1-34H;1-29H;1-25H. The maximum atomic E-state index is 5.13. The summed E-state index contributed by atoms with van der Waals surface area (Å²) in [6.45, 7) is 0. The molecule has 0 saturated carbocycles. The van der Waals surface area contributed by atoms with E-state index in [1.165, 1.54) is 132 Å². The van der Waals surface area contributed by atoms with Crippen LogP contribution in [-0.2, 0) is 0 Å². The van der Waals surface area contributed by atoms with Crippen LogP contribution < -0.4 is 0 Å². The third-order valence-corrected chi connectivity index (χ3v) is 28.2. The number of pyridine rings is 5. The van der Waals surface area contributed by atoms with Crippen LogP contribution in [0.3, 0.4) is 0 Å². The molecule has 0 aliphatic heterocycles. The molecular formula is C137H88N10. The lowest BCUT2D eigenvalue weighted by atomic mass is 9.82. The molecule has 0 atom stereocenters. The van der Waals surface area contributed by atoms with E-state index in [0.717, 1.165) is 123 Å². The first-order chi connectivity index (χ1) is 72.9. The van der Waals surface area contributed by atoms with Crippen molar-refractivity contribution >= 4 is 75.7 Å². The van der Waals surface area contributed by atoms with Crippen molar-refractivity contribution in [2.24, 2.45) is 0 Å². The third kappa shape index (κ3) is 16.7. The monoisotopic (exact) mass is 1870 g/mol. The topological polar surface area (TPSA) is 121 Å². The van der Waals surface area contributed by atoms with Crippen LogP contribution in [0.15, 0.2) is 534 Å². The summed E-state index contributed by atoms with van der Waals surface area (Å²) < 4.78 is 2.26. The van der Waals surface area contributed by atoms with Crippen LogP contribution in [0.2, 0.25) is 0 Å². The summed E-state index contributed by atoms with van der Waals surface area (Å²) in [6.07, 6.45) is 9.21. The largest absolute Gasteiger partial charge is 0.292 e. The van der Waals surface area contributed by atoms with Crippen LogP contribution in [0.25, 0.3) is 272 Å². The average Bonchev–Trinajstić information content (AvgIpc) is 1.56. The Morgan fingerprint density at radius 2 is 0.585 bits per heavy atom. The SMILES string of the molecule is c1ccc(-c2ccc(-c3cc(-c4cccnc4)cc(-c4ccc(-c5cccc(-c6ccccn6)n5)nc4)c3)cc2)nc1.c1ccc(-c2nc(-c3ccccc3)nc(-c3ccc4c5c(cccc35)-c3c-4c(-c4ccccc4)c4ccccc4c3-c3ccccc3)n2)cc1.c1ccc(-n2c(-c3ccc(-c4ccc5c(-c6ccc7ccccc7c6)c6ccccc6c(-c6ccc7ccccc7c6)c5c4)cc3)nc3ccccc32)cc1. The van der Waals surface area contributed by atoms with Crippen molar-refractivity contribution in [1.82, 2.24) is 49.4 Å². The van der Waals surface area contributed by atoms with Gasteiger partial charge in [0.1, 0.15) is 5.82 Å². The molecule has 0 saturated heterocycles. The van der Waals surface area contributed by atoms with Crippen molar-refractivity contribution < 1.29 is 0 Å². The number of rotatable bonds is 16. The van der Waals surface area contributed by atoms with Crippen LogP contribution in [-0.4, -0.2) is 49.4 Å². The van der Waals surface area contributed by atoms with Gasteiger partial charge in [-0.3, -0.25) is 24.5 Å². The highest BCUT2D eigenvalue weighted by molar-refractivity contribution is 6.29. The number of nitrogens with zero attached hydrogens (tertiary/aromatic N) is 10. The third-order valence-electron chi connectivity index (χ3n) is 28.2. The van der Waals surface area contributed by atoms with Gasteiger partial charge < -0.3 is 0 Å². The number of para-hydroxylation sites is 3. The van der Waals surface area contributed by atoms with E-state index in [1.54, 1.807) is 12.4 Å². The highest BCUT2D eigenvalue weighted by atomic mass is 15.1. The number of hydrogen-bond donors (Lipinski definition) is 0. The molecule has 1 aliphatic carbocycles. The quantitative estimate of drug-likeness (QED) is 0.0871. The van der Waals surface area contributed by atoms with Crippen LogP contribution >= 0.6 is 0 Å². The van der Waals surface area contributed by atoms with Gasteiger partial charge in [-0.05, 0) is 280 Å². The van der Waals surface area contributed by atoms with E-state index in [2.05, 4.69) is 420 Å². The van der Waals surface area contributed by atoms with E-state index in [4.69, 9.17) is 29.9 Å². The molecule has 147 heavy (non-hydrogen) atoms. The Kier molecular flexibility index (Phi) is 22.8. The van der Waals surface area contributed by atoms with Crippen LogP contribution in [0.4, 0.5) is 0 Å². The molecule has 0 radical (unpaired) electrons. The number of fused-ring (bicyclic) bond motifs is 9. The summed E-state index contributed by atoms with van der Waals surface area (Å²) in [7, 11) is 0. The van der Waals surface area contributed by atoms with Crippen molar-refractivity contribution in [1.29, 1.82) is 0 Å². The Labute approximate surface area is 850 Å². The van der Waals surface area contributed by atoms with Gasteiger partial charge in [-0.2, -0.15) is 0 Å². The number of hydrogen-bond acceptors (Lipinski definition) is 9. The van der Waals surface area contributed by atoms with Gasteiger partial charge in [-0.25, -0.2) is 24.9 Å². The molecule has 686 valence electrons. The zero-order valence-corrected chi connectivity index (χ0v) is 79.8. The highest BCUT2D eigenvalue weighted by Crippen LogP contribution is 2.59. The minimum atomic E-state index is 0.657. The van der Waals surface area contributed by atoms with Gasteiger partial charge >= 0.3 is 0 Å². The van der Waals surface area contributed by atoms with Crippen molar-refractivity contribution in [3.8, 4) is 197 Å². The lowest BCUT2D eigenvalue weighted by Crippen LogP contribution is -2.00. The zero-order chi connectivity index (χ0) is 97.5. The molecule has 0 bridgehead atoms.